The van der Waals surface area contributed by atoms with E-state index in [2.05, 4.69) is 21.6 Å². The zero-order chi connectivity index (χ0) is 20.2. The van der Waals surface area contributed by atoms with Gasteiger partial charge in [-0.05, 0) is 37.5 Å². The minimum atomic E-state index is -0.266. The van der Waals surface area contributed by atoms with Crippen LogP contribution in [0.2, 0.25) is 0 Å². The number of aryl methyl sites for hydroxylation is 2. The molecule has 2 aromatic carbocycles. The van der Waals surface area contributed by atoms with Gasteiger partial charge < -0.3 is 9.88 Å². The highest BCUT2D eigenvalue weighted by Crippen LogP contribution is 2.27. The summed E-state index contributed by atoms with van der Waals surface area (Å²) in [5.41, 5.74) is 7.66. The van der Waals surface area contributed by atoms with Crippen LogP contribution < -0.4 is 10.3 Å². The van der Waals surface area contributed by atoms with Gasteiger partial charge in [-0.2, -0.15) is 5.10 Å². The minimum Gasteiger partial charge on any atom is -0.358 e. The van der Waals surface area contributed by atoms with Crippen LogP contribution in [0.15, 0.2) is 53.6 Å². The number of hydrogen-bond donors (Lipinski definition) is 2. The Morgan fingerprint density at radius 3 is 2.83 bits per heavy atom. The number of fused-ring (bicyclic) bond motifs is 2. The van der Waals surface area contributed by atoms with E-state index in [1.165, 1.54) is 5.56 Å². The Bertz CT molecular complexity index is 1080. The van der Waals surface area contributed by atoms with Crippen molar-refractivity contribution in [3.8, 4) is 0 Å². The van der Waals surface area contributed by atoms with Crippen molar-refractivity contribution in [1.82, 2.24) is 10.4 Å². The van der Waals surface area contributed by atoms with Gasteiger partial charge in [-0.25, -0.2) is 5.43 Å². The molecule has 4 rings (SSSR count). The van der Waals surface area contributed by atoms with Crippen LogP contribution in [0.3, 0.4) is 0 Å². The average molecular weight is 388 g/mol. The summed E-state index contributed by atoms with van der Waals surface area (Å²) >= 11 is 0. The third-order valence-corrected chi connectivity index (χ3v) is 5.30. The number of aromatic nitrogens is 1. The van der Waals surface area contributed by atoms with Gasteiger partial charge in [0.15, 0.2) is 0 Å². The van der Waals surface area contributed by atoms with E-state index in [1.54, 1.807) is 11.1 Å². The van der Waals surface area contributed by atoms with Crippen molar-refractivity contribution in [3.63, 3.8) is 0 Å². The maximum Gasteiger partial charge on any atom is 0.240 e. The molecular weight excluding hydrogens is 364 g/mol. The molecule has 1 aliphatic heterocycles. The lowest BCUT2D eigenvalue weighted by molar-refractivity contribution is -0.125. The molecule has 148 valence electrons. The molecule has 0 atom stereocenters. The van der Waals surface area contributed by atoms with Crippen molar-refractivity contribution in [2.75, 3.05) is 11.4 Å². The summed E-state index contributed by atoms with van der Waals surface area (Å²) in [7, 11) is 0. The quantitative estimate of drug-likeness (QED) is 0.517. The standard InChI is InChI=1S/C23H24N4O2/c1-16-19(18-9-3-4-10-20(18)25-16)15-24-26-22(28)12-13-23(29)27-14-6-8-17-7-2-5-11-21(17)27/h2-5,7,9-11,15,25H,6,8,12-14H2,1H3,(H,26,28)/b24-15+. The molecule has 0 bridgehead atoms. The van der Waals surface area contributed by atoms with E-state index in [9.17, 15) is 9.59 Å². The van der Waals surface area contributed by atoms with Crippen LogP contribution in [0.4, 0.5) is 5.69 Å². The Kier molecular flexibility index (Phi) is 5.42. The Hall–Kier alpha value is -3.41. The van der Waals surface area contributed by atoms with Crippen LogP contribution in [0.5, 0.6) is 0 Å². The van der Waals surface area contributed by atoms with Crippen LogP contribution in [0.25, 0.3) is 10.9 Å². The van der Waals surface area contributed by atoms with Crippen LogP contribution in [0, 0.1) is 6.92 Å². The van der Waals surface area contributed by atoms with E-state index in [0.717, 1.165) is 40.7 Å². The number of para-hydroxylation sites is 2. The average Bonchev–Trinajstić information content (AvgIpc) is 3.07. The number of amides is 2. The second-order valence-electron chi connectivity index (χ2n) is 7.28. The maximum absolute atomic E-state index is 12.6. The molecule has 0 fully saturated rings. The molecule has 0 unspecified atom stereocenters. The molecule has 29 heavy (non-hydrogen) atoms. The third-order valence-electron chi connectivity index (χ3n) is 5.30. The van der Waals surface area contributed by atoms with Crippen molar-refractivity contribution >= 4 is 34.6 Å². The fraction of sp³-hybridized carbons (Fsp3) is 0.261. The van der Waals surface area contributed by atoms with Gasteiger partial charge in [-0.3, -0.25) is 9.59 Å². The highest BCUT2D eigenvalue weighted by molar-refractivity contribution is 6.01. The van der Waals surface area contributed by atoms with Crippen molar-refractivity contribution < 1.29 is 9.59 Å². The molecule has 2 amide bonds. The Morgan fingerprint density at radius 2 is 1.93 bits per heavy atom. The second kappa shape index (κ2) is 8.31. The van der Waals surface area contributed by atoms with Crippen LogP contribution in [0.1, 0.15) is 36.1 Å². The molecular formula is C23H24N4O2. The third kappa shape index (κ3) is 4.06. The zero-order valence-corrected chi connectivity index (χ0v) is 16.4. The van der Waals surface area contributed by atoms with Crippen molar-refractivity contribution in [2.45, 2.75) is 32.6 Å². The van der Waals surface area contributed by atoms with Gasteiger partial charge in [-0.15, -0.1) is 0 Å². The summed E-state index contributed by atoms with van der Waals surface area (Å²) in [5, 5.41) is 5.14. The SMILES string of the molecule is Cc1[nH]c2ccccc2c1/C=N/NC(=O)CCC(=O)N1CCCc2ccccc21. The molecule has 0 aliphatic carbocycles. The summed E-state index contributed by atoms with van der Waals surface area (Å²) in [6, 6.07) is 15.9. The van der Waals surface area contributed by atoms with Gasteiger partial charge in [0.1, 0.15) is 0 Å². The Balaban J connectivity index is 1.33. The fourth-order valence-electron chi connectivity index (χ4n) is 3.84. The first-order valence-electron chi connectivity index (χ1n) is 9.91. The first-order valence-corrected chi connectivity index (χ1v) is 9.91. The summed E-state index contributed by atoms with van der Waals surface area (Å²) in [5.74, 6) is -0.291. The first kappa shape index (κ1) is 18.9. The summed E-state index contributed by atoms with van der Waals surface area (Å²) in [4.78, 5) is 29.9. The molecule has 6 nitrogen and oxygen atoms in total. The molecule has 1 aliphatic rings. The normalized spacial score (nSPS) is 13.6. The highest BCUT2D eigenvalue weighted by atomic mass is 16.2. The number of H-pyrrole nitrogens is 1. The molecule has 2 N–H and O–H groups in total. The maximum atomic E-state index is 12.6. The van der Waals surface area contributed by atoms with Crippen molar-refractivity contribution in [2.24, 2.45) is 5.10 Å². The highest BCUT2D eigenvalue weighted by Gasteiger charge is 2.22. The minimum absolute atomic E-state index is 0.0243. The molecule has 0 saturated heterocycles. The van der Waals surface area contributed by atoms with E-state index in [4.69, 9.17) is 0 Å². The van der Waals surface area contributed by atoms with E-state index in [-0.39, 0.29) is 24.7 Å². The number of rotatable bonds is 5. The zero-order valence-electron chi connectivity index (χ0n) is 16.4. The predicted molar refractivity (Wildman–Crippen MR) is 115 cm³/mol. The second-order valence-corrected chi connectivity index (χ2v) is 7.28. The largest absolute Gasteiger partial charge is 0.358 e. The van der Waals surface area contributed by atoms with Gasteiger partial charge >= 0.3 is 0 Å². The molecule has 0 saturated carbocycles. The lowest BCUT2D eigenvalue weighted by Gasteiger charge is -2.29. The number of carbonyl (C=O) groups is 2. The van der Waals surface area contributed by atoms with E-state index < -0.39 is 0 Å². The molecule has 0 spiro atoms. The summed E-state index contributed by atoms with van der Waals surface area (Å²) in [6.07, 6.45) is 3.86. The van der Waals surface area contributed by atoms with Crippen LogP contribution in [-0.2, 0) is 16.0 Å². The lowest BCUT2D eigenvalue weighted by Crippen LogP contribution is -2.36. The molecule has 0 radical (unpaired) electrons. The topological polar surface area (TPSA) is 77.6 Å². The number of aromatic amines is 1. The smallest absolute Gasteiger partial charge is 0.240 e. The molecule has 2 heterocycles. The number of carbonyl (C=O) groups excluding carboxylic acids is 2. The van der Waals surface area contributed by atoms with Gasteiger partial charge in [-0.1, -0.05) is 36.4 Å². The number of hydrazone groups is 1. The van der Waals surface area contributed by atoms with Gasteiger partial charge in [0.2, 0.25) is 11.8 Å². The monoisotopic (exact) mass is 388 g/mol. The molecule has 1 aromatic heterocycles. The number of anilines is 1. The van der Waals surface area contributed by atoms with Crippen molar-refractivity contribution in [3.05, 3.63) is 65.4 Å². The lowest BCUT2D eigenvalue weighted by atomic mass is 10.0. The Morgan fingerprint density at radius 1 is 1.14 bits per heavy atom. The van der Waals surface area contributed by atoms with Crippen LogP contribution in [-0.4, -0.2) is 29.6 Å². The van der Waals surface area contributed by atoms with E-state index in [1.807, 2.05) is 49.4 Å². The summed E-state index contributed by atoms with van der Waals surface area (Å²) < 4.78 is 0. The van der Waals surface area contributed by atoms with E-state index in [0.29, 0.717) is 6.54 Å². The Labute approximate surface area is 169 Å². The van der Waals surface area contributed by atoms with Crippen LogP contribution >= 0.6 is 0 Å². The molecule has 3 aromatic rings. The summed E-state index contributed by atoms with van der Waals surface area (Å²) in [6.45, 7) is 2.67. The first-order chi connectivity index (χ1) is 14.1. The number of hydrogen-bond acceptors (Lipinski definition) is 3. The number of nitrogens with one attached hydrogen (secondary N) is 2. The van der Waals surface area contributed by atoms with Crippen molar-refractivity contribution in [1.29, 1.82) is 0 Å². The van der Waals surface area contributed by atoms with E-state index >= 15 is 0 Å². The number of benzene rings is 2. The van der Waals surface area contributed by atoms with Gasteiger partial charge in [0.25, 0.3) is 0 Å². The number of nitrogens with zero attached hydrogens (tertiary/aromatic N) is 2. The predicted octanol–water partition coefficient (Wildman–Crippen LogP) is 3.69. The van der Waals surface area contributed by atoms with Gasteiger partial charge in [0, 0.05) is 47.2 Å². The molecule has 6 heteroatoms. The van der Waals surface area contributed by atoms with Gasteiger partial charge in [0.05, 0.1) is 6.21 Å². The fourth-order valence-corrected chi connectivity index (χ4v) is 3.84.